The van der Waals surface area contributed by atoms with Crippen molar-refractivity contribution in [2.45, 2.75) is 19.6 Å². The number of nitrogens with one attached hydrogen (secondary N) is 1. The topological polar surface area (TPSA) is 69.1 Å². The fourth-order valence-electron chi connectivity index (χ4n) is 1.81. The molecule has 1 aromatic carbocycles. The molecule has 6 nitrogen and oxygen atoms in total. The van der Waals surface area contributed by atoms with Gasteiger partial charge in [0.15, 0.2) is 5.82 Å². The van der Waals surface area contributed by atoms with Crippen molar-refractivity contribution in [3.63, 3.8) is 0 Å². The molecule has 1 heterocycles. The predicted molar refractivity (Wildman–Crippen MR) is 70.4 cm³/mol. The van der Waals surface area contributed by atoms with Crippen LogP contribution in [0, 0.1) is 0 Å². The van der Waals surface area contributed by atoms with Crippen LogP contribution in [0.15, 0.2) is 29.1 Å². The summed E-state index contributed by atoms with van der Waals surface area (Å²) in [5.74, 6) is 1.37. The van der Waals surface area contributed by atoms with Crippen molar-refractivity contribution < 1.29 is 9.47 Å². The lowest BCUT2D eigenvalue weighted by Crippen LogP contribution is -2.21. The van der Waals surface area contributed by atoms with Crippen molar-refractivity contribution in [3.8, 4) is 5.75 Å². The molecule has 0 fully saturated rings. The first-order valence-corrected chi connectivity index (χ1v) is 5.96. The second kappa shape index (κ2) is 5.71. The summed E-state index contributed by atoms with van der Waals surface area (Å²) in [6, 6.07) is 7.55. The second-order valence-electron chi connectivity index (χ2n) is 4.20. The predicted octanol–water partition coefficient (Wildman–Crippen LogP) is 1.34. The Morgan fingerprint density at radius 3 is 2.58 bits per heavy atom. The first kappa shape index (κ1) is 13.4. The maximum atomic E-state index is 11.8. The van der Waals surface area contributed by atoms with E-state index in [0.29, 0.717) is 12.4 Å². The van der Waals surface area contributed by atoms with Crippen LogP contribution < -0.4 is 10.4 Å². The number of benzene rings is 1. The van der Waals surface area contributed by atoms with E-state index in [4.69, 9.17) is 9.47 Å². The maximum absolute atomic E-state index is 11.8. The molecule has 0 aliphatic carbocycles. The van der Waals surface area contributed by atoms with Crippen LogP contribution in [0.2, 0.25) is 0 Å². The van der Waals surface area contributed by atoms with Crippen molar-refractivity contribution >= 4 is 0 Å². The molecular formula is C13H17N3O3. The number of aromatic amines is 1. The molecule has 1 aromatic heterocycles. The van der Waals surface area contributed by atoms with Crippen LogP contribution in [-0.4, -0.2) is 29.0 Å². The van der Waals surface area contributed by atoms with E-state index in [-0.39, 0.29) is 11.8 Å². The zero-order valence-electron chi connectivity index (χ0n) is 11.2. The van der Waals surface area contributed by atoms with Gasteiger partial charge in [0, 0.05) is 7.11 Å². The van der Waals surface area contributed by atoms with Gasteiger partial charge in [-0.05, 0) is 24.6 Å². The standard InChI is InChI=1S/C13H17N3O3/c1-9(18-2)12-14-15-13(17)16(12)8-10-4-6-11(19-3)7-5-10/h4-7,9H,8H2,1-3H3,(H,15,17). The highest BCUT2D eigenvalue weighted by Gasteiger charge is 2.15. The number of hydrogen-bond donors (Lipinski definition) is 1. The van der Waals surface area contributed by atoms with Gasteiger partial charge in [-0.1, -0.05) is 12.1 Å². The summed E-state index contributed by atoms with van der Waals surface area (Å²) in [6.45, 7) is 2.29. The van der Waals surface area contributed by atoms with Gasteiger partial charge in [0.1, 0.15) is 11.9 Å². The van der Waals surface area contributed by atoms with Crippen LogP contribution in [0.3, 0.4) is 0 Å². The number of H-pyrrole nitrogens is 1. The largest absolute Gasteiger partial charge is 0.497 e. The van der Waals surface area contributed by atoms with Crippen molar-refractivity contribution in [1.82, 2.24) is 14.8 Å². The number of nitrogens with zero attached hydrogens (tertiary/aromatic N) is 2. The highest BCUT2D eigenvalue weighted by atomic mass is 16.5. The van der Waals surface area contributed by atoms with Crippen LogP contribution in [0.25, 0.3) is 0 Å². The Kier molecular flexibility index (Phi) is 4.01. The third kappa shape index (κ3) is 2.85. The van der Waals surface area contributed by atoms with Crippen LogP contribution in [-0.2, 0) is 11.3 Å². The van der Waals surface area contributed by atoms with Gasteiger partial charge in [-0.15, -0.1) is 0 Å². The fraction of sp³-hybridized carbons (Fsp3) is 0.385. The minimum Gasteiger partial charge on any atom is -0.497 e. The molecule has 0 aliphatic rings. The Morgan fingerprint density at radius 2 is 2.00 bits per heavy atom. The minimum absolute atomic E-state index is 0.239. The van der Waals surface area contributed by atoms with Gasteiger partial charge in [0.2, 0.25) is 0 Å². The van der Waals surface area contributed by atoms with E-state index in [9.17, 15) is 4.79 Å². The highest BCUT2D eigenvalue weighted by molar-refractivity contribution is 5.27. The SMILES string of the molecule is COc1ccc(Cn2c(C(C)OC)n[nH]c2=O)cc1. The number of aromatic nitrogens is 3. The summed E-state index contributed by atoms with van der Waals surface area (Å²) in [5, 5.41) is 6.44. The summed E-state index contributed by atoms with van der Waals surface area (Å²) in [5.41, 5.74) is 0.753. The number of methoxy groups -OCH3 is 2. The molecule has 2 rings (SSSR count). The molecule has 1 unspecified atom stereocenters. The lowest BCUT2D eigenvalue weighted by Gasteiger charge is -2.11. The lowest BCUT2D eigenvalue weighted by molar-refractivity contribution is 0.108. The second-order valence-corrected chi connectivity index (χ2v) is 4.20. The van der Waals surface area contributed by atoms with Gasteiger partial charge in [0.05, 0.1) is 13.7 Å². The van der Waals surface area contributed by atoms with E-state index >= 15 is 0 Å². The van der Waals surface area contributed by atoms with Crippen molar-refractivity contribution in [2.75, 3.05) is 14.2 Å². The normalized spacial score (nSPS) is 12.4. The zero-order valence-corrected chi connectivity index (χ0v) is 11.2. The maximum Gasteiger partial charge on any atom is 0.343 e. The third-order valence-corrected chi connectivity index (χ3v) is 3.00. The van der Waals surface area contributed by atoms with Gasteiger partial charge in [-0.2, -0.15) is 5.10 Å². The van der Waals surface area contributed by atoms with E-state index in [1.807, 2.05) is 31.2 Å². The summed E-state index contributed by atoms with van der Waals surface area (Å²) < 4.78 is 11.9. The molecule has 0 saturated heterocycles. The molecular weight excluding hydrogens is 246 g/mol. The van der Waals surface area contributed by atoms with Crippen LogP contribution in [0.5, 0.6) is 5.75 Å². The Bertz CT molecular complexity index is 586. The molecule has 1 atom stereocenters. The fourth-order valence-corrected chi connectivity index (χ4v) is 1.81. The molecule has 0 radical (unpaired) electrons. The number of ether oxygens (including phenoxy) is 2. The van der Waals surface area contributed by atoms with Crippen molar-refractivity contribution in [2.24, 2.45) is 0 Å². The van der Waals surface area contributed by atoms with Gasteiger partial charge >= 0.3 is 5.69 Å². The number of rotatable bonds is 5. The van der Waals surface area contributed by atoms with Gasteiger partial charge in [-0.25, -0.2) is 9.89 Å². The van der Waals surface area contributed by atoms with Gasteiger partial charge in [-0.3, -0.25) is 4.57 Å². The Balaban J connectivity index is 2.27. The highest BCUT2D eigenvalue weighted by Crippen LogP contribution is 2.15. The van der Waals surface area contributed by atoms with E-state index in [0.717, 1.165) is 11.3 Å². The number of hydrogen-bond acceptors (Lipinski definition) is 4. The summed E-state index contributed by atoms with van der Waals surface area (Å²) in [6.07, 6.45) is -0.239. The minimum atomic E-state index is -0.241. The van der Waals surface area contributed by atoms with Crippen molar-refractivity contribution in [3.05, 3.63) is 46.1 Å². The first-order valence-electron chi connectivity index (χ1n) is 5.96. The molecule has 1 N–H and O–H groups in total. The molecule has 19 heavy (non-hydrogen) atoms. The van der Waals surface area contributed by atoms with E-state index in [2.05, 4.69) is 10.2 Å². The van der Waals surface area contributed by atoms with Gasteiger partial charge < -0.3 is 9.47 Å². The van der Waals surface area contributed by atoms with E-state index in [1.54, 1.807) is 18.8 Å². The molecule has 0 aliphatic heterocycles. The molecule has 0 spiro atoms. The Hall–Kier alpha value is -2.08. The molecule has 6 heteroatoms. The average molecular weight is 263 g/mol. The van der Waals surface area contributed by atoms with Gasteiger partial charge in [0.25, 0.3) is 0 Å². The van der Waals surface area contributed by atoms with Crippen LogP contribution in [0.4, 0.5) is 0 Å². The lowest BCUT2D eigenvalue weighted by atomic mass is 10.2. The van der Waals surface area contributed by atoms with Crippen LogP contribution in [0.1, 0.15) is 24.4 Å². The van der Waals surface area contributed by atoms with Crippen molar-refractivity contribution in [1.29, 1.82) is 0 Å². The molecule has 0 amide bonds. The van der Waals surface area contributed by atoms with E-state index < -0.39 is 0 Å². The smallest absolute Gasteiger partial charge is 0.343 e. The average Bonchev–Trinajstić information content (AvgIpc) is 2.80. The zero-order chi connectivity index (χ0) is 13.8. The molecule has 0 saturated carbocycles. The van der Waals surface area contributed by atoms with E-state index in [1.165, 1.54) is 0 Å². The Labute approximate surface area is 111 Å². The summed E-state index contributed by atoms with van der Waals surface area (Å²) in [7, 11) is 3.20. The molecule has 102 valence electrons. The molecule has 2 aromatic rings. The molecule has 0 bridgehead atoms. The Morgan fingerprint density at radius 1 is 1.32 bits per heavy atom. The summed E-state index contributed by atoms with van der Waals surface area (Å²) in [4.78, 5) is 11.8. The van der Waals surface area contributed by atoms with Crippen LogP contribution >= 0.6 is 0 Å². The summed E-state index contributed by atoms with van der Waals surface area (Å²) >= 11 is 0. The monoisotopic (exact) mass is 263 g/mol. The third-order valence-electron chi connectivity index (χ3n) is 3.00. The first-order chi connectivity index (χ1) is 9.15. The quantitative estimate of drug-likeness (QED) is 0.883.